The molecule has 0 spiro atoms. The smallest absolute Gasteiger partial charge is 0.269 e. The molecule has 1 N–H and O–H groups in total. The fourth-order valence-electron chi connectivity index (χ4n) is 2.38. The zero-order valence-corrected chi connectivity index (χ0v) is 12.9. The summed E-state index contributed by atoms with van der Waals surface area (Å²) in [5.41, 5.74) is 1.30. The van der Waals surface area contributed by atoms with Crippen LogP contribution in [-0.2, 0) is 11.3 Å². The highest BCUT2D eigenvalue weighted by Crippen LogP contribution is 2.04. The van der Waals surface area contributed by atoms with Crippen LogP contribution in [0, 0.1) is 6.92 Å². The Bertz CT molecular complexity index is 517. The van der Waals surface area contributed by atoms with E-state index in [2.05, 4.69) is 15.3 Å². The molecular weight excluding hydrogens is 270 g/mol. The number of carbonyl (C=O) groups excluding carboxylic acids is 2. The summed E-state index contributed by atoms with van der Waals surface area (Å²) in [7, 11) is 2.04. The van der Waals surface area contributed by atoms with E-state index in [1.807, 2.05) is 20.9 Å². The first kappa shape index (κ1) is 15.5. The van der Waals surface area contributed by atoms with E-state index in [0.29, 0.717) is 12.2 Å². The first-order valence-corrected chi connectivity index (χ1v) is 7.30. The van der Waals surface area contributed by atoms with Gasteiger partial charge in [0.1, 0.15) is 5.69 Å². The van der Waals surface area contributed by atoms with Gasteiger partial charge in [0, 0.05) is 32.7 Å². The Balaban J connectivity index is 1.87. The lowest BCUT2D eigenvalue weighted by molar-refractivity contribution is -0.131. The molecule has 1 aliphatic heterocycles. The van der Waals surface area contributed by atoms with Crippen molar-refractivity contribution in [3.63, 3.8) is 0 Å². The summed E-state index contributed by atoms with van der Waals surface area (Å²) in [4.78, 5) is 28.2. The average Bonchev–Trinajstić information content (AvgIpc) is 2.86. The van der Waals surface area contributed by atoms with Crippen LogP contribution in [0.1, 0.15) is 23.1 Å². The third-order valence-electron chi connectivity index (χ3n) is 3.69. The third-order valence-corrected chi connectivity index (χ3v) is 3.69. The molecule has 116 valence electrons. The van der Waals surface area contributed by atoms with E-state index in [4.69, 9.17) is 0 Å². The lowest BCUT2D eigenvalue weighted by atomic mass is 10.3. The molecule has 1 aromatic heterocycles. The Morgan fingerprint density at radius 2 is 1.95 bits per heavy atom. The van der Waals surface area contributed by atoms with Crippen LogP contribution in [0.4, 0.5) is 0 Å². The molecule has 1 fully saturated rings. The summed E-state index contributed by atoms with van der Waals surface area (Å²) in [6.45, 7) is 7.63. The molecule has 0 bridgehead atoms. The number of aromatic nitrogens is 2. The van der Waals surface area contributed by atoms with Crippen molar-refractivity contribution < 1.29 is 9.59 Å². The topological polar surface area (TPSA) is 70.5 Å². The highest BCUT2D eigenvalue weighted by Gasteiger charge is 2.20. The summed E-state index contributed by atoms with van der Waals surface area (Å²) < 4.78 is 1.64. The molecule has 2 amide bonds. The lowest BCUT2D eigenvalue weighted by Gasteiger charge is -2.32. The maximum Gasteiger partial charge on any atom is 0.269 e. The van der Waals surface area contributed by atoms with Crippen LogP contribution in [0.15, 0.2) is 6.07 Å². The molecule has 2 heterocycles. The number of likely N-dealkylation sites (N-methyl/N-ethyl adjacent to an activating group) is 1. The number of rotatable bonds is 4. The molecule has 1 aromatic rings. The van der Waals surface area contributed by atoms with Crippen molar-refractivity contribution in [3.8, 4) is 0 Å². The van der Waals surface area contributed by atoms with Gasteiger partial charge in [-0.3, -0.25) is 14.3 Å². The molecule has 7 nitrogen and oxygen atoms in total. The Morgan fingerprint density at radius 3 is 2.57 bits per heavy atom. The Kier molecular flexibility index (Phi) is 4.95. The number of nitrogens with one attached hydrogen (secondary N) is 1. The van der Waals surface area contributed by atoms with Gasteiger partial charge in [-0.15, -0.1) is 0 Å². The number of hydrogen-bond acceptors (Lipinski definition) is 4. The molecule has 0 unspecified atom stereocenters. The van der Waals surface area contributed by atoms with E-state index in [1.165, 1.54) is 0 Å². The van der Waals surface area contributed by atoms with E-state index in [1.54, 1.807) is 15.6 Å². The van der Waals surface area contributed by atoms with Gasteiger partial charge in [-0.2, -0.15) is 5.10 Å². The monoisotopic (exact) mass is 293 g/mol. The van der Waals surface area contributed by atoms with Crippen LogP contribution < -0.4 is 5.32 Å². The fourth-order valence-corrected chi connectivity index (χ4v) is 2.38. The zero-order chi connectivity index (χ0) is 15.4. The summed E-state index contributed by atoms with van der Waals surface area (Å²) in [5, 5.41) is 6.92. The molecule has 0 saturated carbocycles. The Morgan fingerprint density at radius 1 is 1.29 bits per heavy atom. The number of aryl methyl sites for hydroxylation is 2. The Hall–Kier alpha value is -1.89. The van der Waals surface area contributed by atoms with Gasteiger partial charge in [0.25, 0.3) is 5.91 Å². The third kappa shape index (κ3) is 3.81. The second kappa shape index (κ2) is 6.71. The van der Waals surface area contributed by atoms with Gasteiger partial charge in [-0.05, 0) is 27.0 Å². The van der Waals surface area contributed by atoms with Gasteiger partial charge in [0.05, 0.1) is 12.2 Å². The molecule has 0 radical (unpaired) electrons. The summed E-state index contributed by atoms with van der Waals surface area (Å²) in [5.74, 6) is -0.282. The van der Waals surface area contributed by atoms with Gasteiger partial charge in [-0.1, -0.05) is 0 Å². The number of nitrogens with zero attached hydrogens (tertiary/aromatic N) is 4. The molecule has 7 heteroatoms. The first-order chi connectivity index (χ1) is 10.0. The van der Waals surface area contributed by atoms with E-state index in [-0.39, 0.29) is 18.4 Å². The van der Waals surface area contributed by atoms with Crippen molar-refractivity contribution in [3.05, 3.63) is 17.5 Å². The predicted molar refractivity (Wildman–Crippen MR) is 79.0 cm³/mol. The molecule has 2 rings (SSSR count). The van der Waals surface area contributed by atoms with Crippen molar-refractivity contribution in [1.29, 1.82) is 0 Å². The van der Waals surface area contributed by atoms with Crippen molar-refractivity contribution in [1.82, 2.24) is 24.9 Å². The molecule has 0 aliphatic carbocycles. The SMILES string of the molecule is CCn1nc(C)cc1C(=O)NCC(=O)N1CCN(C)CC1. The maximum absolute atomic E-state index is 12.1. The van der Waals surface area contributed by atoms with Crippen LogP contribution in [0.2, 0.25) is 0 Å². The van der Waals surface area contributed by atoms with Gasteiger partial charge in [0.2, 0.25) is 5.91 Å². The highest BCUT2D eigenvalue weighted by molar-refractivity contribution is 5.95. The number of amides is 2. The van der Waals surface area contributed by atoms with Gasteiger partial charge < -0.3 is 15.1 Å². The molecule has 0 aromatic carbocycles. The minimum absolute atomic E-state index is 0.0317. The van der Waals surface area contributed by atoms with E-state index < -0.39 is 0 Å². The van der Waals surface area contributed by atoms with Crippen LogP contribution in [0.25, 0.3) is 0 Å². The van der Waals surface area contributed by atoms with Crippen LogP contribution in [-0.4, -0.2) is 71.2 Å². The second-order valence-corrected chi connectivity index (χ2v) is 5.35. The average molecular weight is 293 g/mol. The molecule has 1 aliphatic rings. The normalized spacial score (nSPS) is 16.0. The summed E-state index contributed by atoms with van der Waals surface area (Å²) in [6, 6.07) is 1.74. The largest absolute Gasteiger partial charge is 0.342 e. The fraction of sp³-hybridized carbons (Fsp3) is 0.643. The zero-order valence-electron chi connectivity index (χ0n) is 12.9. The van der Waals surface area contributed by atoms with Crippen molar-refractivity contribution in [2.45, 2.75) is 20.4 Å². The van der Waals surface area contributed by atoms with Crippen molar-refractivity contribution >= 4 is 11.8 Å². The molecule has 0 atom stereocenters. The van der Waals surface area contributed by atoms with Gasteiger partial charge in [0.15, 0.2) is 0 Å². The summed E-state index contributed by atoms with van der Waals surface area (Å²) in [6.07, 6.45) is 0. The standard InChI is InChI=1S/C14H23N5O2/c1-4-19-12(9-11(2)16-19)14(21)15-10-13(20)18-7-5-17(3)6-8-18/h9H,4-8,10H2,1-3H3,(H,15,21). The number of carbonyl (C=O) groups is 2. The minimum Gasteiger partial charge on any atom is -0.342 e. The lowest BCUT2D eigenvalue weighted by Crippen LogP contribution is -2.50. The molecule has 1 saturated heterocycles. The highest BCUT2D eigenvalue weighted by atomic mass is 16.2. The van der Waals surface area contributed by atoms with Gasteiger partial charge in [-0.25, -0.2) is 0 Å². The Labute approximate surface area is 124 Å². The van der Waals surface area contributed by atoms with Crippen LogP contribution >= 0.6 is 0 Å². The van der Waals surface area contributed by atoms with E-state index in [9.17, 15) is 9.59 Å². The quantitative estimate of drug-likeness (QED) is 0.828. The summed E-state index contributed by atoms with van der Waals surface area (Å²) >= 11 is 0. The maximum atomic E-state index is 12.1. The molecular formula is C14H23N5O2. The van der Waals surface area contributed by atoms with Crippen molar-refractivity contribution in [2.24, 2.45) is 0 Å². The van der Waals surface area contributed by atoms with Crippen molar-refractivity contribution in [2.75, 3.05) is 39.8 Å². The number of piperazine rings is 1. The predicted octanol–water partition coefficient (Wildman–Crippen LogP) is -0.285. The van der Waals surface area contributed by atoms with Crippen LogP contribution in [0.3, 0.4) is 0 Å². The minimum atomic E-state index is -0.250. The first-order valence-electron chi connectivity index (χ1n) is 7.30. The van der Waals surface area contributed by atoms with E-state index in [0.717, 1.165) is 31.9 Å². The molecule has 21 heavy (non-hydrogen) atoms. The van der Waals surface area contributed by atoms with Crippen LogP contribution in [0.5, 0.6) is 0 Å². The number of hydrogen-bond donors (Lipinski definition) is 1. The van der Waals surface area contributed by atoms with Gasteiger partial charge >= 0.3 is 0 Å². The second-order valence-electron chi connectivity index (χ2n) is 5.35. The van der Waals surface area contributed by atoms with E-state index >= 15 is 0 Å².